The number of rotatable bonds is 9. The Morgan fingerprint density at radius 1 is 1.23 bits per heavy atom. The van der Waals surface area contributed by atoms with Gasteiger partial charge in [-0.05, 0) is 55.3 Å². The first-order valence-corrected chi connectivity index (χ1v) is 8.58. The Kier molecular flexibility index (Phi) is 7.26. The number of phenolic OH excluding ortho intramolecular Hbond substituents is 1. The van der Waals surface area contributed by atoms with E-state index in [-0.39, 0.29) is 11.8 Å². The summed E-state index contributed by atoms with van der Waals surface area (Å²) in [6.45, 7) is 2.07. The SMILES string of the molecule is C[C@@H](NCCc1ccc(OCC(=O)O)c(Cl)c1)[C@H](O)c1ccc(O)cc1. The smallest absolute Gasteiger partial charge is 0.341 e. The molecule has 2 aromatic rings. The Balaban J connectivity index is 1.83. The van der Waals surface area contributed by atoms with Crippen molar-refractivity contribution in [3.8, 4) is 11.5 Å². The molecule has 140 valence electrons. The molecule has 0 radical (unpaired) electrons. The molecule has 2 rings (SSSR count). The summed E-state index contributed by atoms with van der Waals surface area (Å²) < 4.78 is 5.09. The predicted octanol–water partition coefficient (Wildman–Crippen LogP) is 2.76. The lowest BCUT2D eigenvalue weighted by Crippen LogP contribution is -2.33. The molecule has 0 spiro atoms. The molecule has 0 saturated heterocycles. The van der Waals surface area contributed by atoms with Crippen LogP contribution < -0.4 is 10.1 Å². The molecule has 7 heteroatoms. The lowest BCUT2D eigenvalue weighted by atomic mass is 10.0. The van der Waals surface area contributed by atoms with E-state index in [0.717, 1.165) is 11.1 Å². The van der Waals surface area contributed by atoms with Crippen molar-refractivity contribution in [3.63, 3.8) is 0 Å². The van der Waals surface area contributed by atoms with Crippen molar-refractivity contribution in [3.05, 3.63) is 58.6 Å². The molecule has 0 fully saturated rings. The Bertz CT molecular complexity index is 735. The summed E-state index contributed by atoms with van der Waals surface area (Å²) in [4.78, 5) is 10.5. The minimum absolute atomic E-state index is 0.161. The number of aliphatic hydroxyl groups is 1. The van der Waals surface area contributed by atoms with Crippen LogP contribution in [0.4, 0.5) is 0 Å². The van der Waals surface area contributed by atoms with Gasteiger partial charge in [-0.1, -0.05) is 29.8 Å². The van der Waals surface area contributed by atoms with Crippen molar-refractivity contribution in [2.24, 2.45) is 0 Å². The van der Waals surface area contributed by atoms with Crippen LogP contribution in [0.1, 0.15) is 24.2 Å². The largest absolute Gasteiger partial charge is 0.508 e. The van der Waals surface area contributed by atoms with Gasteiger partial charge in [-0.2, -0.15) is 0 Å². The summed E-state index contributed by atoms with van der Waals surface area (Å²) in [5.74, 6) is -0.563. The van der Waals surface area contributed by atoms with Gasteiger partial charge >= 0.3 is 5.97 Å². The first-order valence-electron chi connectivity index (χ1n) is 8.20. The van der Waals surface area contributed by atoms with Gasteiger partial charge in [0.05, 0.1) is 11.1 Å². The summed E-state index contributed by atoms with van der Waals surface area (Å²) in [5.41, 5.74) is 1.70. The number of aliphatic hydroxyl groups excluding tert-OH is 1. The van der Waals surface area contributed by atoms with Crippen molar-refractivity contribution in [2.75, 3.05) is 13.2 Å². The summed E-state index contributed by atoms with van der Waals surface area (Å²) >= 11 is 6.10. The fourth-order valence-electron chi connectivity index (χ4n) is 2.47. The molecule has 0 aliphatic heterocycles. The minimum Gasteiger partial charge on any atom is -0.508 e. The van der Waals surface area contributed by atoms with E-state index in [4.69, 9.17) is 21.4 Å². The van der Waals surface area contributed by atoms with Crippen molar-refractivity contribution < 1.29 is 24.9 Å². The van der Waals surface area contributed by atoms with Gasteiger partial charge in [0.2, 0.25) is 0 Å². The highest BCUT2D eigenvalue weighted by atomic mass is 35.5. The number of ether oxygens (including phenoxy) is 1. The molecule has 0 saturated carbocycles. The van der Waals surface area contributed by atoms with Crippen LogP contribution in [0.25, 0.3) is 0 Å². The number of hydrogen-bond donors (Lipinski definition) is 4. The van der Waals surface area contributed by atoms with Crippen LogP contribution in [0, 0.1) is 0 Å². The van der Waals surface area contributed by atoms with Crippen LogP contribution in [0.15, 0.2) is 42.5 Å². The maximum Gasteiger partial charge on any atom is 0.341 e. The zero-order valence-electron chi connectivity index (χ0n) is 14.4. The Morgan fingerprint density at radius 3 is 2.54 bits per heavy atom. The number of aromatic hydroxyl groups is 1. The molecule has 2 atom stereocenters. The van der Waals surface area contributed by atoms with Gasteiger partial charge < -0.3 is 25.4 Å². The lowest BCUT2D eigenvalue weighted by molar-refractivity contribution is -0.139. The molecule has 0 amide bonds. The average molecular weight is 380 g/mol. The number of phenols is 1. The van der Waals surface area contributed by atoms with E-state index >= 15 is 0 Å². The highest BCUT2D eigenvalue weighted by Gasteiger charge is 2.15. The molecule has 0 bridgehead atoms. The number of carboxylic acid groups (broad SMARTS) is 1. The van der Waals surface area contributed by atoms with E-state index in [9.17, 15) is 15.0 Å². The van der Waals surface area contributed by atoms with E-state index in [1.807, 2.05) is 13.0 Å². The number of aliphatic carboxylic acids is 1. The molecule has 26 heavy (non-hydrogen) atoms. The maximum absolute atomic E-state index is 10.5. The van der Waals surface area contributed by atoms with Crippen LogP contribution >= 0.6 is 11.6 Å². The molecular weight excluding hydrogens is 358 g/mol. The molecule has 6 nitrogen and oxygen atoms in total. The van der Waals surface area contributed by atoms with E-state index < -0.39 is 18.7 Å². The van der Waals surface area contributed by atoms with Crippen LogP contribution in [0.2, 0.25) is 5.02 Å². The minimum atomic E-state index is -1.06. The third-order valence-corrected chi connectivity index (χ3v) is 4.23. The summed E-state index contributed by atoms with van der Waals surface area (Å²) in [7, 11) is 0. The van der Waals surface area contributed by atoms with Crippen molar-refractivity contribution >= 4 is 17.6 Å². The third-order valence-electron chi connectivity index (χ3n) is 3.94. The predicted molar refractivity (Wildman–Crippen MR) is 98.8 cm³/mol. The van der Waals surface area contributed by atoms with Crippen molar-refractivity contribution in [1.82, 2.24) is 5.32 Å². The summed E-state index contributed by atoms with van der Waals surface area (Å²) in [6, 6.07) is 11.5. The highest BCUT2D eigenvalue weighted by molar-refractivity contribution is 6.32. The van der Waals surface area contributed by atoms with Gasteiger partial charge in [0.1, 0.15) is 11.5 Å². The van der Waals surface area contributed by atoms with Gasteiger partial charge in [-0.3, -0.25) is 0 Å². The van der Waals surface area contributed by atoms with Crippen LogP contribution in [-0.4, -0.2) is 40.5 Å². The topological polar surface area (TPSA) is 99.0 Å². The highest BCUT2D eigenvalue weighted by Crippen LogP contribution is 2.25. The summed E-state index contributed by atoms with van der Waals surface area (Å²) in [5, 5.41) is 31.9. The zero-order chi connectivity index (χ0) is 19.1. The Morgan fingerprint density at radius 2 is 1.92 bits per heavy atom. The van der Waals surface area contributed by atoms with Gasteiger partial charge in [-0.15, -0.1) is 0 Å². The van der Waals surface area contributed by atoms with Crippen LogP contribution in [-0.2, 0) is 11.2 Å². The molecule has 0 aliphatic rings. The second-order valence-electron chi connectivity index (χ2n) is 5.98. The van der Waals surface area contributed by atoms with E-state index in [2.05, 4.69) is 5.32 Å². The van der Waals surface area contributed by atoms with E-state index in [1.54, 1.807) is 36.4 Å². The fraction of sp³-hybridized carbons (Fsp3) is 0.316. The number of nitrogens with one attached hydrogen (secondary N) is 1. The molecule has 0 aromatic heterocycles. The van der Waals surface area contributed by atoms with E-state index in [1.165, 1.54) is 0 Å². The van der Waals surface area contributed by atoms with Gasteiger partial charge in [-0.25, -0.2) is 4.79 Å². The lowest BCUT2D eigenvalue weighted by Gasteiger charge is -2.21. The van der Waals surface area contributed by atoms with Gasteiger partial charge in [0.25, 0.3) is 0 Å². The monoisotopic (exact) mass is 379 g/mol. The second-order valence-corrected chi connectivity index (χ2v) is 6.38. The molecular formula is C19H22ClNO5. The first-order chi connectivity index (χ1) is 12.4. The number of carbonyl (C=O) groups is 1. The molecule has 4 N–H and O–H groups in total. The first kappa shape index (κ1) is 20.0. The number of halogens is 1. The second kappa shape index (κ2) is 9.43. The summed E-state index contributed by atoms with van der Waals surface area (Å²) in [6.07, 6.45) is -0.00283. The maximum atomic E-state index is 10.5. The number of benzene rings is 2. The quantitative estimate of drug-likeness (QED) is 0.534. The molecule has 0 aliphatic carbocycles. The molecule has 0 heterocycles. The normalized spacial score (nSPS) is 13.2. The van der Waals surface area contributed by atoms with Gasteiger partial charge in [0.15, 0.2) is 6.61 Å². The van der Waals surface area contributed by atoms with Crippen LogP contribution in [0.5, 0.6) is 11.5 Å². The standard InChI is InChI=1S/C19H22ClNO5/c1-12(19(25)14-3-5-15(22)6-4-14)21-9-8-13-2-7-17(16(20)10-13)26-11-18(23)24/h2-7,10,12,19,21-22,25H,8-9,11H2,1H3,(H,23,24)/t12-,19+/m1/s1. The number of carboxylic acids is 1. The molecule has 2 aromatic carbocycles. The van der Waals surface area contributed by atoms with Gasteiger partial charge in [0, 0.05) is 6.04 Å². The molecule has 0 unspecified atom stereocenters. The van der Waals surface area contributed by atoms with E-state index in [0.29, 0.717) is 23.7 Å². The van der Waals surface area contributed by atoms with Crippen LogP contribution in [0.3, 0.4) is 0 Å². The van der Waals surface area contributed by atoms with Crippen molar-refractivity contribution in [1.29, 1.82) is 0 Å². The average Bonchev–Trinajstić information content (AvgIpc) is 2.60. The Labute approximate surface area is 157 Å². The fourth-order valence-corrected chi connectivity index (χ4v) is 2.73. The third kappa shape index (κ3) is 5.91. The zero-order valence-corrected chi connectivity index (χ0v) is 15.1. The Hall–Kier alpha value is -2.28. The van der Waals surface area contributed by atoms with Crippen molar-refractivity contribution in [2.45, 2.75) is 25.5 Å². The number of hydrogen-bond acceptors (Lipinski definition) is 5.